The van der Waals surface area contributed by atoms with Crippen LogP contribution in [0.4, 0.5) is 0 Å². The monoisotopic (exact) mass is 389 g/mol. The van der Waals surface area contributed by atoms with Crippen molar-refractivity contribution in [3.8, 4) is 0 Å². The molecule has 3 aliphatic heterocycles. The van der Waals surface area contributed by atoms with Gasteiger partial charge in [0.25, 0.3) is 0 Å². The van der Waals surface area contributed by atoms with E-state index in [1.807, 2.05) is 16.5 Å². The van der Waals surface area contributed by atoms with Crippen LogP contribution in [0.25, 0.3) is 0 Å². The fraction of sp³-hybridized carbons (Fsp3) is 0.810. The molecule has 1 atom stereocenters. The van der Waals surface area contributed by atoms with Gasteiger partial charge in [-0.05, 0) is 58.3 Å². The Balaban J connectivity index is 1.22. The van der Waals surface area contributed by atoms with Gasteiger partial charge in [-0.25, -0.2) is 0 Å². The number of likely N-dealkylation sites (tertiary alicyclic amines) is 2. The van der Waals surface area contributed by atoms with Crippen LogP contribution in [0, 0.1) is 12.8 Å². The van der Waals surface area contributed by atoms with Gasteiger partial charge in [-0.3, -0.25) is 14.4 Å². The van der Waals surface area contributed by atoms with Gasteiger partial charge in [0.15, 0.2) is 0 Å². The summed E-state index contributed by atoms with van der Waals surface area (Å²) < 4.78 is 7.45. The average Bonchev–Trinajstić information content (AvgIpc) is 3.18. The lowest BCUT2D eigenvalue weighted by Gasteiger charge is -2.43. The molecule has 0 bridgehead atoms. The molecule has 0 N–H and O–H groups in total. The number of hydrogen-bond donors (Lipinski definition) is 0. The molecule has 4 heterocycles. The molecule has 7 nitrogen and oxygen atoms in total. The number of carbonyl (C=O) groups excluding carboxylic acids is 1. The van der Waals surface area contributed by atoms with Crippen molar-refractivity contribution in [1.82, 2.24) is 24.5 Å². The lowest BCUT2D eigenvalue weighted by Crippen LogP contribution is -2.52. The molecular weight excluding hydrogens is 354 g/mol. The summed E-state index contributed by atoms with van der Waals surface area (Å²) in [5.41, 5.74) is 1.09. The highest BCUT2D eigenvalue weighted by atomic mass is 16.5. The van der Waals surface area contributed by atoms with Crippen molar-refractivity contribution < 1.29 is 9.53 Å². The minimum Gasteiger partial charge on any atom is -0.378 e. The minimum atomic E-state index is 0.188. The van der Waals surface area contributed by atoms with Gasteiger partial charge in [-0.1, -0.05) is 0 Å². The van der Waals surface area contributed by atoms with Gasteiger partial charge in [0.2, 0.25) is 5.91 Å². The predicted octanol–water partition coefficient (Wildman–Crippen LogP) is 1.23. The first-order chi connectivity index (χ1) is 13.7. The molecule has 1 aromatic heterocycles. The van der Waals surface area contributed by atoms with E-state index < -0.39 is 0 Å². The standard InChI is InChI=1S/C21H35N5O2/c1-18-4-10-26(22-18)12-11-23-8-5-20(6-9-23)25-7-2-3-19(17-25)21(27)24-13-15-28-16-14-24/h4,10,19-20H,2-3,5-9,11-17H2,1H3/t19-/m0/s1. The van der Waals surface area contributed by atoms with E-state index in [0.717, 1.165) is 70.9 Å². The molecule has 1 amide bonds. The Hall–Kier alpha value is -1.44. The molecule has 3 aliphatic rings. The van der Waals surface area contributed by atoms with Gasteiger partial charge in [0, 0.05) is 38.4 Å². The quantitative estimate of drug-likeness (QED) is 0.758. The second-order valence-corrected chi connectivity index (χ2v) is 8.56. The molecule has 7 heteroatoms. The van der Waals surface area contributed by atoms with E-state index in [1.54, 1.807) is 0 Å². The zero-order valence-corrected chi connectivity index (χ0v) is 17.3. The van der Waals surface area contributed by atoms with Crippen LogP contribution in [-0.2, 0) is 16.1 Å². The number of morpholine rings is 1. The third-order valence-corrected chi connectivity index (χ3v) is 6.62. The molecule has 156 valence electrons. The molecule has 0 spiro atoms. The molecule has 0 aliphatic carbocycles. The van der Waals surface area contributed by atoms with Crippen molar-refractivity contribution in [2.45, 2.75) is 45.2 Å². The van der Waals surface area contributed by atoms with E-state index in [-0.39, 0.29) is 5.92 Å². The van der Waals surface area contributed by atoms with Crippen LogP contribution >= 0.6 is 0 Å². The molecule has 28 heavy (non-hydrogen) atoms. The third kappa shape index (κ3) is 4.93. The molecule has 4 rings (SSSR count). The van der Waals surface area contributed by atoms with Gasteiger partial charge in [-0.15, -0.1) is 0 Å². The fourth-order valence-corrected chi connectivity index (χ4v) is 4.92. The van der Waals surface area contributed by atoms with Crippen LogP contribution < -0.4 is 0 Å². The summed E-state index contributed by atoms with van der Waals surface area (Å²) in [5.74, 6) is 0.549. The van der Waals surface area contributed by atoms with Crippen LogP contribution in [0.1, 0.15) is 31.4 Å². The van der Waals surface area contributed by atoms with Gasteiger partial charge < -0.3 is 14.5 Å². The average molecular weight is 390 g/mol. The Morgan fingerprint density at radius 3 is 2.61 bits per heavy atom. The van der Waals surface area contributed by atoms with Crippen molar-refractivity contribution in [2.24, 2.45) is 5.92 Å². The zero-order chi connectivity index (χ0) is 19.3. The first kappa shape index (κ1) is 19.9. The van der Waals surface area contributed by atoms with Crippen LogP contribution in [-0.4, -0.2) is 95.5 Å². The third-order valence-electron chi connectivity index (χ3n) is 6.62. The summed E-state index contributed by atoms with van der Waals surface area (Å²) in [7, 11) is 0. The van der Waals surface area contributed by atoms with E-state index in [1.165, 1.54) is 12.8 Å². The van der Waals surface area contributed by atoms with E-state index in [9.17, 15) is 4.79 Å². The Bertz CT molecular complexity index is 634. The first-order valence-electron chi connectivity index (χ1n) is 11.0. The van der Waals surface area contributed by atoms with Crippen molar-refractivity contribution >= 4 is 5.91 Å². The van der Waals surface area contributed by atoms with Gasteiger partial charge in [0.05, 0.1) is 31.4 Å². The van der Waals surface area contributed by atoms with Gasteiger partial charge in [-0.2, -0.15) is 5.10 Å². The molecule has 1 aromatic rings. The molecule has 0 saturated carbocycles. The molecular formula is C21H35N5O2. The highest BCUT2D eigenvalue weighted by Gasteiger charge is 2.33. The van der Waals surface area contributed by atoms with E-state index >= 15 is 0 Å². The lowest BCUT2D eigenvalue weighted by atomic mass is 9.92. The zero-order valence-electron chi connectivity index (χ0n) is 17.3. The molecule has 0 aromatic carbocycles. The molecule has 3 saturated heterocycles. The van der Waals surface area contributed by atoms with Gasteiger partial charge in [0.1, 0.15) is 0 Å². The number of ether oxygens (including phenoxy) is 1. The Labute approximate surface area is 168 Å². The Kier molecular flexibility index (Phi) is 6.65. The second-order valence-electron chi connectivity index (χ2n) is 8.56. The fourth-order valence-electron chi connectivity index (χ4n) is 4.92. The van der Waals surface area contributed by atoms with Crippen molar-refractivity contribution in [1.29, 1.82) is 0 Å². The number of hydrogen-bond acceptors (Lipinski definition) is 5. The maximum Gasteiger partial charge on any atom is 0.227 e. The Morgan fingerprint density at radius 1 is 1.11 bits per heavy atom. The lowest BCUT2D eigenvalue weighted by molar-refractivity contribution is -0.142. The number of rotatable bonds is 5. The van der Waals surface area contributed by atoms with Crippen molar-refractivity contribution in [3.05, 3.63) is 18.0 Å². The number of amides is 1. The normalized spacial score (nSPS) is 25.9. The van der Waals surface area contributed by atoms with Crippen LogP contribution in [0.2, 0.25) is 0 Å². The summed E-state index contributed by atoms with van der Waals surface area (Å²) in [6.07, 6.45) is 6.71. The minimum absolute atomic E-state index is 0.188. The highest BCUT2D eigenvalue weighted by Crippen LogP contribution is 2.25. The van der Waals surface area contributed by atoms with Crippen LogP contribution in [0.3, 0.4) is 0 Å². The second kappa shape index (κ2) is 9.37. The number of carbonyl (C=O) groups is 1. The SMILES string of the molecule is Cc1ccn(CCN2CCC(N3CCC[C@H](C(=O)N4CCOCC4)C3)CC2)n1. The predicted molar refractivity (Wildman–Crippen MR) is 108 cm³/mol. The largest absolute Gasteiger partial charge is 0.378 e. The van der Waals surface area contributed by atoms with Gasteiger partial charge >= 0.3 is 0 Å². The van der Waals surface area contributed by atoms with Crippen molar-refractivity contribution in [2.75, 3.05) is 59.0 Å². The summed E-state index contributed by atoms with van der Waals surface area (Å²) in [6, 6.07) is 2.71. The smallest absolute Gasteiger partial charge is 0.227 e. The van der Waals surface area contributed by atoms with E-state index in [2.05, 4.69) is 27.2 Å². The number of nitrogens with zero attached hydrogens (tertiary/aromatic N) is 5. The number of aryl methyl sites for hydroxylation is 1. The number of piperidine rings is 2. The summed E-state index contributed by atoms with van der Waals surface area (Å²) >= 11 is 0. The molecule has 3 fully saturated rings. The van der Waals surface area contributed by atoms with Crippen LogP contribution in [0.15, 0.2) is 12.3 Å². The Morgan fingerprint density at radius 2 is 1.89 bits per heavy atom. The summed E-state index contributed by atoms with van der Waals surface area (Å²) in [5, 5.41) is 4.48. The summed E-state index contributed by atoms with van der Waals surface area (Å²) in [6.45, 7) is 11.4. The maximum atomic E-state index is 12.9. The van der Waals surface area contributed by atoms with E-state index in [4.69, 9.17) is 4.74 Å². The summed E-state index contributed by atoms with van der Waals surface area (Å²) in [4.78, 5) is 20.1. The van der Waals surface area contributed by atoms with E-state index in [0.29, 0.717) is 25.2 Å². The molecule has 0 radical (unpaired) electrons. The highest BCUT2D eigenvalue weighted by molar-refractivity contribution is 5.79. The topological polar surface area (TPSA) is 53.8 Å². The van der Waals surface area contributed by atoms with Crippen LogP contribution in [0.5, 0.6) is 0 Å². The maximum absolute atomic E-state index is 12.9. The molecule has 0 unspecified atom stereocenters. The first-order valence-corrected chi connectivity index (χ1v) is 11.0. The van der Waals surface area contributed by atoms with Crippen molar-refractivity contribution in [3.63, 3.8) is 0 Å². The number of aromatic nitrogens is 2.